The molecule has 0 bridgehead atoms. The first-order valence-corrected chi connectivity index (χ1v) is 9.81. The fourth-order valence-corrected chi connectivity index (χ4v) is 3.88. The number of aryl methyl sites for hydroxylation is 3. The Morgan fingerprint density at radius 2 is 2.04 bits per heavy atom. The fourth-order valence-electron chi connectivity index (χ4n) is 3.22. The summed E-state index contributed by atoms with van der Waals surface area (Å²) in [5, 5.41) is 12.3. The van der Waals surface area contributed by atoms with Crippen molar-refractivity contribution in [3.05, 3.63) is 51.0 Å². The lowest BCUT2D eigenvalue weighted by molar-refractivity contribution is 0.116. The second-order valence-corrected chi connectivity index (χ2v) is 8.26. The van der Waals surface area contributed by atoms with Gasteiger partial charge >= 0.3 is 6.03 Å². The first-order chi connectivity index (χ1) is 13.4. The van der Waals surface area contributed by atoms with Crippen LogP contribution in [0.4, 0.5) is 9.93 Å². The van der Waals surface area contributed by atoms with Gasteiger partial charge in [0.25, 0.3) is 5.56 Å². The van der Waals surface area contributed by atoms with Gasteiger partial charge in [-0.1, -0.05) is 0 Å². The molecule has 1 saturated heterocycles. The number of thiazole rings is 1. The summed E-state index contributed by atoms with van der Waals surface area (Å²) in [7, 11) is 0. The molecule has 0 unspecified atom stereocenters. The monoisotopic (exact) mass is 399 g/mol. The van der Waals surface area contributed by atoms with Gasteiger partial charge in [0, 0.05) is 41.8 Å². The van der Waals surface area contributed by atoms with E-state index in [4.69, 9.17) is 0 Å². The molecule has 0 aromatic carbocycles. The smallest absolute Gasteiger partial charge is 0.323 e. The van der Waals surface area contributed by atoms with Crippen LogP contribution in [0.1, 0.15) is 16.3 Å². The van der Waals surface area contributed by atoms with Crippen LogP contribution in [0.5, 0.6) is 0 Å². The Hall–Kier alpha value is -3.01. The fraction of sp³-hybridized carbons (Fsp3) is 0.389. The van der Waals surface area contributed by atoms with Gasteiger partial charge in [0.05, 0.1) is 12.2 Å². The van der Waals surface area contributed by atoms with Crippen LogP contribution in [0.15, 0.2) is 29.2 Å². The number of nitrogens with one attached hydrogen (secondary N) is 1. The third kappa shape index (κ3) is 3.68. The Morgan fingerprint density at radius 3 is 2.68 bits per heavy atom. The van der Waals surface area contributed by atoms with E-state index in [0.717, 1.165) is 16.3 Å². The van der Waals surface area contributed by atoms with E-state index in [9.17, 15) is 9.59 Å². The summed E-state index contributed by atoms with van der Waals surface area (Å²) in [6, 6.07) is 4.98. The van der Waals surface area contributed by atoms with Crippen molar-refractivity contribution in [3.63, 3.8) is 0 Å². The van der Waals surface area contributed by atoms with Crippen LogP contribution in [0.2, 0.25) is 0 Å². The van der Waals surface area contributed by atoms with E-state index in [1.54, 1.807) is 21.8 Å². The second kappa shape index (κ2) is 7.19. The number of likely N-dealkylation sites (tertiary alicyclic amines) is 1. The molecule has 3 aromatic rings. The normalized spacial score (nSPS) is 14.2. The third-order valence-corrected chi connectivity index (χ3v) is 5.42. The van der Waals surface area contributed by atoms with Crippen molar-refractivity contribution in [2.45, 2.75) is 27.3 Å². The molecular weight excluding hydrogens is 378 g/mol. The SMILES string of the molecule is Cc1cc(C)n(-c2ccc(=O)n(CC3CN(C(=O)Nc4ncc(C)s4)C3)n2)n1. The molecule has 10 heteroatoms. The number of aromatic nitrogens is 5. The van der Waals surface area contributed by atoms with Crippen LogP contribution in [-0.4, -0.2) is 48.6 Å². The van der Waals surface area contributed by atoms with Crippen LogP contribution >= 0.6 is 11.3 Å². The molecule has 1 N–H and O–H groups in total. The molecule has 1 aliphatic heterocycles. The van der Waals surface area contributed by atoms with Gasteiger partial charge in [-0.3, -0.25) is 10.1 Å². The summed E-state index contributed by atoms with van der Waals surface area (Å²) in [4.78, 5) is 31.3. The lowest BCUT2D eigenvalue weighted by Gasteiger charge is -2.38. The Labute approximate surface area is 165 Å². The quantitative estimate of drug-likeness (QED) is 0.723. The maximum Gasteiger partial charge on any atom is 0.323 e. The number of rotatable bonds is 4. The number of urea groups is 1. The Bertz CT molecular complexity index is 1080. The van der Waals surface area contributed by atoms with E-state index in [-0.39, 0.29) is 17.5 Å². The molecule has 0 spiro atoms. The number of amides is 2. The molecule has 1 fully saturated rings. The number of hydrogen-bond donors (Lipinski definition) is 1. The zero-order valence-electron chi connectivity index (χ0n) is 15.9. The molecule has 0 aliphatic carbocycles. The Balaban J connectivity index is 1.39. The summed E-state index contributed by atoms with van der Waals surface area (Å²) < 4.78 is 3.18. The Morgan fingerprint density at radius 1 is 1.25 bits per heavy atom. The van der Waals surface area contributed by atoms with Crippen molar-refractivity contribution in [3.8, 4) is 5.82 Å². The molecule has 2 amide bonds. The summed E-state index contributed by atoms with van der Waals surface area (Å²) in [5.41, 5.74) is 1.69. The minimum Gasteiger partial charge on any atom is -0.324 e. The van der Waals surface area contributed by atoms with Crippen molar-refractivity contribution in [1.29, 1.82) is 0 Å². The van der Waals surface area contributed by atoms with Gasteiger partial charge in [0.15, 0.2) is 10.9 Å². The number of anilines is 1. The van der Waals surface area contributed by atoms with Crippen LogP contribution < -0.4 is 10.9 Å². The maximum atomic E-state index is 12.2. The highest BCUT2D eigenvalue weighted by Crippen LogP contribution is 2.21. The van der Waals surface area contributed by atoms with Crippen molar-refractivity contribution >= 4 is 22.5 Å². The molecule has 0 atom stereocenters. The van der Waals surface area contributed by atoms with Gasteiger partial charge in [-0.25, -0.2) is 19.1 Å². The minimum absolute atomic E-state index is 0.161. The number of hydrogen-bond acceptors (Lipinski definition) is 6. The predicted octanol–water partition coefficient (Wildman–Crippen LogP) is 1.97. The summed E-state index contributed by atoms with van der Waals surface area (Å²) in [5.74, 6) is 0.794. The molecular formula is C18H21N7O2S. The highest BCUT2D eigenvalue weighted by Gasteiger charge is 2.31. The summed E-state index contributed by atoms with van der Waals surface area (Å²) in [6.07, 6.45) is 1.73. The zero-order chi connectivity index (χ0) is 19.8. The van der Waals surface area contributed by atoms with Gasteiger partial charge in [0.1, 0.15) is 0 Å². The maximum absolute atomic E-state index is 12.2. The van der Waals surface area contributed by atoms with Crippen LogP contribution in [0.3, 0.4) is 0 Å². The van der Waals surface area contributed by atoms with Gasteiger partial charge in [-0.15, -0.1) is 16.4 Å². The van der Waals surface area contributed by atoms with Gasteiger partial charge < -0.3 is 4.90 Å². The highest BCUT2D eigenvalue weighted by molar-refractivity contribution is 7.15. The molecule has 4 rings (SSSR count). The van der Waals surface area contributed by atoms with E-state index in [1.165, 1.54) is 22.1 Å². The van der Waals surface area contributed by atoms with Gasteiger partial charge in [0.2, 0.25) is 0 Å². The van der Waals surface area contributed by atoms with E-state index < -0.39 is 0 Å². The summed E-state index contributed by atoms with van der Waals surface area (Å²) >= 11 is 1.44. The van der Waals surface area contributed by atoms with Crippen molar-refractivity contribution in [2.24, 2.45) is 5.92 Å². The largest absolute Gasteiger partial charge is 0.324 e. The lowest BCUT2D eigenvalue weighted by atomic mass is 10.0. The molecule has 9 nitrogen and oxygen atoms in total. The predicted molar refractivity (Wildman–Crippen MR) is 106 cm³/mol. The first kappa shape index (κ1) is 18.4. The van der Waals surface area contributed by atoms with E-state index in [0.29, 0.717) is 30.6 Å². The van der Waals surface area contributed by atoms with Crippen LogP contribution in [0.25, 0.3) is 5.82 Å². The van der Waals surface area contributed by atoms with Crippen molar-refractivity contribution in [1.82, 2.24) is 29.4 Å². The van der Waals surface area contributed by atoms with Crippen LogP contribution in [0, 0.1) is 26.7 Å². The lowest BCUT2D eigenvalue weighted by Crippen LogP contribution is -2.53. The van der Waals surface area contributed by atoms with Crippen molar-refractivity contribution < 1.29 is 4.79 Å². The minimum atomic E-state index is -0.165. The molecule has 4 heterocycles. The number of carbonyl (C=O) groups is 1. The standard InChI is InChI=1S/C18H21N7O2S/c1-11-6-12(2)25(21-11)15-4-5-16(26)24(22-15)10-14-8-23(9-14)18(27)20-17-19-7-13(3)28-17/h4-7,14H,8-10H2,1-3H3,(H,19,20,27). The third-order valence-electron chi connectivity index (χ3n) is 4.59. The molecule has 3 aromatic heterocycles. The average Bonchev–Trinajstić information content (AvgIpc) is 3.16. The number of nitrogens with zero attached hydrogens (tertiary/aromatic N) is 6. The van der Waals surface area contributed by atoms with Gasteiger partial charge in [-0.2, -0.15) is 5.10 Å². The molecule has 0 saturated carbocycles. The first-order valence-electron chi connectivity index (χ1n) is 8.99. The van der Waals surface area contributed by atoms with Crippen molar-refractivity contribution in [2.75, 3.05) is 18.4 Å². The zero-order valence-corrected chi connectivity index (χ0v) is 16.7. The topological polar surface area (TPSA) is 97.9 Å². The van der Waals surface area contributed by atoms with Crippen LogP contribution in [-0.2, 0) is 6.54 Å². The second-order valence-electron chi connectivity index (χ2n) is 7.03. The van der Waals surface area contributed by atoms with E-state index in [1.807, 2.05) is 26.8 Å². The van der Waals surface area contributed by atoms with E-state index >= 15 is 0 Å². The average molecular weight is 399 g/mol. The molecule has 146 valence electrons. The molecule has 1 aliphatic rings. The Kier molecular flexibility index (Phi) is 4.71. The molecule has 28 heavy (non-hydrogen) atoms. The molecule has 0 radical (unpaired) electrons. The number of carbonyl (C=O) groups excluding carboxylic acids is 1. The highest BCUT2D eigenvalue weighted by atomic mass is 32.1. The summed E-state index contributed by atoms with van der Waals surface area (Å²) in [6.45, 7) is 7.43. The van der Waals surface area contributed by atoms with Gasteiger partial charge in [-0.05, 0) is 32.9 Å². The van der Waals surface area contributed by atoms with E-state index in [2.05, 4.69) is 20.5 Å².